The Bertz CT molecular complexity index is 1240. The van der Waals surface area contributed by atoms with Crippen molar-refractivity contribution in [2.45, 2.75) is 19.9 Å². The molecule has 158 valence electrons. The van der Waals surface area contributed by atoms with E-state index in [1.807, 2.05) is 19.9 Å². The number of H-pyrrole nitrogens is 1. The number of aromatic nitrogens is 3. The molecule has 1 unspecified atom stereocenters. The van der Waals surface area contributed by atoms with Gasteiger partial charge in [0, 0.05) is 41.5 Å². The van der Waals surface area contributed by atoms with E-state index in [9.17, 15) is 9.18 Å². The highest BCUT2D eigenvalue weighted by molar-refractivity contribution is 5.96. The van der Waals surface area contributed by atoms with Crippen molar-refractivity contribution in [2.75, 3.05) is 13.7 Å². The van der Waals surface area contributed by atoms with Gasteiger partial charge >= 0.3 is 0 Å². The van der Waals surface area contributed by atoms with Crippen LogP contribution in [0.5, 0.6) is 5.75 Å². The van der Waals surface area contributed by atoms with E-state index < -0.39 is 0 Å². The summed E-state index contributed by atoms with van der Waals surface area (Å²) < 4.78 is 19.5. The van der Waals surface area contributed by atoms with Crippen LogP contribution in [0.4, 0.5) is 4.39 Å². The van der Waals surface area contributed by atoms with Gasteiger partial charge < -0.3 is 9.64 Å². The van der Waals surface area contributed by atoms with Gasteiger partial charge in [-0.2, -0.15) is 5.10 Å². The number of ether oxygens (including phenoxy) is 1. The molecule has 31 heavy (non-hydrogen) atoms. The summed E-state index contributed by atoms with van der Waals surface area (Å²) in [6.07, 6.45) is 5.18. The van der Waals surface area contributed by atoms with E-state index in [-0.39, 0.29) is 17.8 Å². The molecular weight excluding hydrogens is 395 g/mol. The molecule has 0 aliphatic rings. The van der Waals surface area contributed by atoms with Crippen LogP contribution in [-0.4, -0.2) is 39.6 Å². The minimum Gasteiger partial charge on any atom is -0.493 e. The van der Waals surface area contributed by atoms with Crippen molar-refractivity contribution in [3.05, 3.63) is 78.0 Å². The Morgan fingerprint density at radius 2 is 2.03 bits per heavy atom. The van der Waals surface area contributed by atoms with Crippen molar-refractivity contribution < 1.29 is 13.9 Å². The van der Waals surface area contributed by atoms with E-state index in [1.165, 1.54) is 12.1 Å². The first-order chi connectivity index (χ1) is 15.0. The van der Waals surface area contributed by atoms with E-state index in [4.69, 9.17) is 4.74 Å². The van der Waals surface area contributed by atoms with E-state index in [1.54, 1.807) is 54.8 Å². The smallest absolute Gasteiger partial charge is 0.254 e. The lowest BCUT2D eigenvalue weighted by molar-refractivity contribution is 0.0743. The Morgan fingerprint density at radius 1 is 1.19 bits per heavy atom. The summed E-state index contributed by atoms with van der Waals surface area (Å²) in [5, 5.41) is 7.94. The second-order valence-electron chi connectivity index (χ2n) is 7.31. The summed E-state index contributed by atoms with van der Waals surface area (Å²) in [6.45, 7) is 4.25. The molecular formula is C24H23FN4O2. The van der Waals surface area contributed by atoms with Crippen molar-refractivity contribution in [1.29, 1.82) is 0 Å². The fourth-order valence-corrected chi connectivity index (χ4v) is 3.62. The molecule has 0 bridgehead atoms. The van der Waals surface area contributed by atoms with Crippen molar-refractivity contribution in [3.8, 4) is 16.9 Å². The molecule has 0 saturated heterocycles. The first-order valence-electron chi connectivity index (χ1n) is 10.1. The maximum absolute atomic E-state index is 13.7. The van der Waals surface area contributed by atoms with Gasteiger partial charge in [-0.05, 0) is 49.7 Å². The highest BCUT2D eigenvalue weighted by atomic mass is 19.1. The number of amides is 1. The largest absolute Gasteiger partial charge is 0.493 e. The first kappa shape index (κ1) is 20.5. The minimum atomic E-state index is -0.324. The van der Waals surface area contributed by atoms with Crippen molar-refractivity contribution in [2.24, 2.45) is 0 Å². The lowest BCUT2D eigenvalue weighted by atomic mass is 10.0. The van der Waals surface area contributed by atoms with Crippen molar-refractivity contribution in [1.82, 2.24) is 20.1 Å². The van der Waals surface area contributed by atoms with Crippen LogP contribution in [-0.2, 0) is 0 Å². The summed E-state index contributed by atoms with van der Waals surface area (Å²) in [5.41, 5.74) is 3.66. The molecule has 0 radical (unpaired) electrons. The molecule has 7 heteroatoms. The summed E-state index contributed by atoms with van der Waals surface area (Å²) in [5.74, 6) is 0.0587. The summed E-state index contributed by atoms with van der Waals surface area (Å²) >= 11 is 0. The van der Waals surface area contributed by atoms with Gasteiger partial charge in [0.1, 0.15) is 11.6 Å². The molecule has 0 spiro atoms. The number of benzene rings is 2. The van der Waals surface area contributed by atoms with Crippen LogP contribution in [0.1, 0.15) is 35.8 Å². The molecule has 4 rings (SSSR count). The Hall–Kier alpha value is -3.74. The molecule has 2 heterocycles. The van der Waals surface area contributed by atoms with Gasteiger partial charge in [-0.3, -0.25) is 14.9 Å². The van der Waals surface area contributed by atoms with Crippen LogP contribution in [0.15, 0.2) is 61.1 Å². The average molecular weight is 418 g/mol. The number of hydrogen-bond donors (Lipinski definition) is 1. The molecule has 2 aromatic carbocycles. The van der Waals surface area contributed by atoms with E-state index in [0.29, 0.717) is 23.5 Å². The van der Waals surface area contributed by atoms with Crippen molar-refractivity contribution in [3.63, 3.8) is 0 Å². The van der Waals surface area contributed by atoms with Gasteiger partial charge in [-0.25, -0.2) is 4.39 Å². The molecule has 0 aliphatic carbocycles. The molecule has 1 atom stereocenters. The van der Waals surface area contributed by atoms with E-state index >= 15 is 0 Å². The standard InChI is InChI=1S/C24H23FN4O2/c1-4-31-22-11-17(8-9-20(22)16-6-5-7-19(25)10-16)24(30)29(3)15(2)21-14-26-12-18-13-27-28-23(18)21/h5-15H,4H2,1-3H3,(H,27,28). The molecule has 6 nitrogen and oxygen atoms in total. The van der Waals surface area contributed by atoms with Gasteiger partial charge in [0.15, 0.2) is 0 Å². The Labute approximate surface area is 179 Å². The van der Waals surface area contributed by atoms with Gasteiger partial charge in [-0.15, -0.1) is 0 Å². The number of rotatable bonds is 6. The average Bonchev–Trinajstić information content (AvgIpc) is 3.27. The number of carbonyl (C=O) groups excluding carboxylic acids is 1. The lowest BCUT2D eigenvalue weighted by Gasteiger charge is -2.26. The highest BCUT2D eigenvalue weighted by Crippen LogP contribution is 2.33. The predicted molar refractivity (Wildman–Crippen MR) is 117 cm³/mol. The summed E-state index contributed by atoms with van der Waals surface area (Å²) in [7, 11) is 1.75. The second kappa shape index (κ2) is 8.55. The maximum atomic E-state index is 13.7. The monoisotopic (exact) mass is 418 g/mol. The van der Waals surface area contributed by atoms with E-state index in [2.05, 4.69) is 15.2 Å². The molecule has 2 aromatic heterocycles. The number of nitrogens with one attached hydrogen (secondary N) is 1. The van der Waals surface area contributed by atoms with Crippen LogP contribution in [0.3, 0.4) is 0 Å². The fraction of sp³-hybridized carbons (Fsp3) is 0.208. The molecule has 0 fully saturated rings. The molecule has 0 aliphatic heterocycles. The minimum absolute atomic E-state index is 0.157. The number of carbonyl (C=O) groups is 1. The zero-order valence-electron chi connectivity index (χ0n) is 17.6. The number of aromatic amines is 1. The van der Waals surface area contributed by atoms with E-state index in [0.717, 1.165) is 22.0 Å². The van der Waals surface area contributed by atoms with Crippen LogP contribution in [0.2, 0.25) is 0 Å². The molecule has 0 saturated carbocycles. The van der Waals surface area contributed by atoms with Crippen LogP contribution < -0.4 is 4.74 Å². The number of nitrogens with zero attached hydrogens (tertiary/aromatic N) is 3. The highest BCUT2D eigenvalue weighted by Gasteiger charge is 2.22. The first-order valence-corrected chi connectivity index (χ1v) is 10.1. The second-order valence-corrected chi connectivity index (χ2v) is 7.31. The Kier molecular flexibility index (Phi) is 5.66. The Balaban J connectivity index is 1.66. The normalized spacial score (nSPS) is 12.0. The topological polar surface area (TPSA) is 71.1 Å². The molecule has 4 aromatic rings. The lowest BCUT2D eigenvalue weighted by Crippen LogP contribution is -2.30. The zero-order chi connectivity index (χ0) is 22.0. The number of pyridine rings is 1. The van der Waals surface area contributed by atoms with Gasteiger partial charge in [-0.1, -0.05) is 12.1 Å². The fourth-order valence-electron chi connectivity index (χ4n) is 3.62. The summed E-state index contributed by atoms with van der Waals surface area (Å²) in [6, 6.07) is 11.3. The third-order valence-electron chi connectivity index (χ3n) is 5.40. The molecule has 1 amide bonds. The predicted octanol–water partition coefficient (Wildman–Crippen LogP) is 5.00. The van der Waals surface area contributed by atoms with Gasteiger partial charge in [0.05, 0.1) is 24.4 Å². The SMILES string of the molecule is CCOc1cc(C(=O)N(C)C(C)c2cncc3cn[nH]c23)ccc1-c1cccc(F)c1. The number of hydrogen-bond acceptors (Lipinski definition) is 4. The van der Waals surface area contributed by atoms with Crippen LogP contribution in [0, 0.1) is 5.82 Å². The maximum Gasteiger partial charge on any atom is 0.254 e. The third kappa shape index (κ3) is 3.99. The Morgan fingerprint density at radius 3 is 2.81 bits per heavy atom. The van der Waals surface area contributed by atoms with Crippen LogP contribution in [0.25, 0.3) is 22.0 Å². The van der Waals surface area contributed by atoms with Gasteiger partial charge in [0.25, 0.3) is 5.91 Å². The van der Waals surface area contributed by atoms with Gasteiger partial charge in [0.2, 0.25) is 0 Å². The van der Waals surface area contributed by atoms with Crippen molar-refractivity contribution >= 4 is 16.8 Å². The number of halogens is 1. The zero-order valence-corrected chi connectivity index (χ0v) is 17.6. The van der Waals surface area contributed by atoms with Crippen LogP contribution >= 0.6 is 0 Å². The molecule has 1 N–H and O–H groups in total. The summed E-state index contributed by atoms with van der Waals surface area (Å²) in [4.78, 5) is 19.2. The third-order valence-corrected chi connectivity index (χ3v) is 5.40. The number of fused-ring (bicyclic) bond motifs is 1. The quantitative estimate of drug-likeness (QED) is 0.479.